The molecule has 1 heterocycles. The average molecular weight is 442 g/mol. The molecule has 1 aliphatic rings. The maximum Gasteiger partial charge on any atom is 0.244 e. The maximum atomic E-state index is 14.0. The summed E-state index contributed by atoms with van der Waals surface area (Å²) in [4.78, 5) is 31.9. The van der Waals surface area contributed by atoms with Crippen molar-refractivity contribution in [3.05, 3.63) is 108 Å². The van der Waals surface area contributed by atoms with Gasteiger partial charge in [0, 0.05) is 13.0 Å². The molecule has 0 unspecified atom stereocenters. The third-order valence-corrected chi connectivity index (χ3v) is 6.00. The van der Waals surface area contributed by atoms with Crippen LogP contribution in [0.2, 0.25) is 0 Å². The van der Waals surface area contributed by atoms with Gasteiger partial charge >= 0.3 is 0 Å². The molecular formula is C27H27N3O3. The number of oxime groups is 1. The van der Waals surface area contributed by atoms with Gasteiger partial charge in [-0.05, 0) is 23.1 Å². The van der Waals surface area contributed by atoms with E-state index in [1.165, 1.54) is 7.11 Å². The maximum absolute atomic E-state index is 14.0. The van der Waals surface area contributed by atoms with Gasteiger partial charge in [0.15, 0.2) is 0 Å². The Morgan fingerprint density at radius 3 is 2.03 bits per heavy atom. The van der Waals surface area contributed by atoms with E-state index in [0.29, 0.717) is 19.4 Å². The van der Waals surface area contributed by atoms with Gasteiger partial charge in [-0.2, -0.15) is 0 Å². The summed E-state index contributed by atoms with van der Waals surface area (Å²) in [7, 11) is 1.47. The summed E-state index contributed by atoms with van der Waals surface area (Å²) in [5.74, 6) is -0.724. The lowest BCUT2D eigenvalue weighted by Gasteiger charge is -2.34. The second kappa shape index (κ2) is 10.2. The van der Waals surface area contributed by atoms with Crippen molar-refractivity contribution in [2.75, 3.05) is 13.7 Å². The Kier molecular flexibility index (Phi) is 6.95. The predicted octanol–water partition coefficient (Wildman–Crippen LogP) is 3.22. The summed E-state index contributed by atoms with van der Waals surface area (Å²) < 4.78 is 0. The molecule has 2 amide bonds. The molecule has 3 aromatic carbocycles. The van der Waals surface area contributed by atoms with Crippen LogP contribution in [0.4, 0.5) is 0 Å². The summed E-state index contributed by atoms with van der Waals surface area (Å²) in [6, 6.07) is 28.6. The third-order valence-electron chi connectivity index (χ3n) is 6.00. The molecule has 1 saturated heterocycles. The monoisotopic (exact) mass is 441 g/mol. The minimum absolute atomic E-state index is 0.354. The van der Waals surface area contributed by atoms with Crippen molar-refractivity contribution in [1.29, 1.82) is 0 Å². The van der Waals surface area contributed by atoms with E-state index < -0.39 is 11.5 Å². The molecule has 3 aromatic rings. The Morgan fingerprint density at radius 1 is 0.939 bits per heavy atom. The standard InChI is InChI=1S/C27H27N3O3/c1-33-30-23-17-24(28-19-23)25(31)29-26(32)27(21-13-7-3-8-14-21,22-15-9-4-10-16-22)18-20-11-5-2-6-12-20/h2-16,24,28H,17-19H2,1H3,(H,29,31,32)/b30-23+/t24-/m0/s1. The zero-order chi connectivity index (χ0) is 23.1. The second-order valence-electron chi connectivity index (χ2n) is 8.10. The van der Waals surface area contributed by atoms with Crippen LogP contribution in [0.15, 0.2) is 96.2 Å². The lowest BCUT2D eigenvalue weighted by atomic mass is 9.69. The smallest absolute Gasteiger partial charge is 0.244 e. The Balaban J connectivity index is 1.74. The number of amides is 2. The zero-order valence-corrected chi connectivity index (χ0v) is 18.5. The molecule has 1 aliphatic heterocycles. The van der Waals surface area contributed by atoms with E-state index in [1.54, 1.807) is 0 Å². The van der Waals surface area contributed by atoms with Gasteiger partial charge in [-0.3, -0.25) is 14.9 Å². The largest absolute Gasteiger partial charge is 0.399 e. The van der Waals surface area contributed by atoms with E-state index >= 15 is 0 Å². The van der Waals surface area contributed by atoms with Gasteiger partial charge < -0.3 is 10.2 Å². The van der Waals surface area contributed by atoms with Gasteiger partial charge in [0.2, 0.25) is 11.8 Å². The first-order chi connectivity index (χ1) is 16.1. The first kappa shape index (κ1) is 22.4. The van der Waals surface area contributed by atoms with Crippen LogP contribution in [0.3, 0.4) is 0 Å². The number of rotatable bonds is 7. The van der Waals surface area contributed by atoms with Crippen LogP contribution in [0.1, 0.15) is 23.1 Å². The van der Waals surface area contributed by atoms with Crippen molar-refractivity contribution in [3.8, 4) is 0 Å². The van der Waals surface area contributed by atoms with E-state index in [0.717, 1.165) is 22.4 Å². The number of hydrogen-bond acceptors (Lipinski definition) is 5. The van der Waals surface area contributed by atoms with Crippen molar-refractivity contribution < 1.29 is 14.4 Å². The normalized spacial score (nSPS) is 17.0. The number of benzene rings is 3. The highest BCUT2D eigenvalue weighted by Gasteiger charge is 2.43. The molecule has 0 aliphatic carbocycles. The van der Waals surface area contributed by atoms with E-state index in [1.807, 2.05) is 91.0 Å². The Hall–Kier alpha value is -3.77. The third kappa shape index (κ3) is 4.86. The molecule has 6 nitrogen and oxygen atoms in total. The van der Waals surface area contributed by atoms with Gasteiger partial charge in [-0.25, -0.2) is 0 Å². The first-order valence-corrected chi connectivity index (χ1v) is 11.0. The summed E-state index contributed by atoms with van der Waals surface area (Å²) in [5.41, 5.74) is 2.31. The number of imide groups is 1. The lowest BCUT2D eigenvalue weighted by Crippen LogP contribution is -2.52. The summed E-state index contributed by atoms with van der Waals surface area (Å²) in [5, 5.41) is 9.73. The number of hydrogen-bond donors (Lipinski definition) is 2. The van der Waals surface area contributed by atoms with Gasteiger partial charge in [-0.1, -0.05) is 96.2 Å². The number of nitrogens with one attached hydrogen (secondary N) is 2. The van der Waals surface area contributed by atoms with Crippen LogP contribution >= 0.6 is 0 Å². The average Bonchev–Trinajstić information content (AvgIpc) is 3.33. The molecule has 0 bridgehead atoms. The minimum atomic E-state index is -1.08. The summed E-state index contributed by atoms with van der Waals surface area (Å²) >= 11 is 0. The van der Waals surface area contributed by atoms with Crippen LogP contribution in [-0.2, 0) is 26.3 Å². The molecule has 0 aromatic heterocycles. The SMILES string of the molecule is CO/N=C1/CN[C@H](C(=O)NC(=O)C(Cc2ccccc2)(c2ccccc2)c2ccccc2)C1. The quantitative estimate of drug-likeness (QED) is 0.552. The molecule has 1 fully saturated rings. The minimum Gasteiger partial charge on any atom is -0.399 e. The van der Waals surface area contributed by atoms with E-state index in [-0.39, 0.29) is 11.8 Å². The van der Waals surface area contributed by atoms with Crippen molar-refractivity contribution in [1.82, 2.24) is 10.6 Å². The first-order valence-electron chi connectivity index (χ1n) is 11.0. The predicted molar refractivity (Wildman–Crippen MR) is 128 cm³/mol. The number of carbonyl (C=O) groups excluding carboxylic acids is 2. The van der Waals surface area contributed by atoms with Gasteiger partial charge in [-0.15, -0.1) is 0 Å². The molecule has 168 valence electrons. The van der Waals surface area contributed by atoms with Crippen LogP contribution in [0.5, 0.6) is 0 Å². The van der Waals surface area contributed by atoms with E-state index in [2.05, 4.69) is 15.8 Å². The molecule has 2 N–H and O–H groups in total. The number of nitrogens with zero attached hydrogens (tertiary/aromatic N) is 1. The fraction of sp³-hybridized carbons (Fsp3) is 0.222. The highest BCUT2D eigenvalue weighted by molar-refractivity contribution is 6.06. The summed E-state index contributed by atoms with van der Waals surface area (Å²) in [6.45, 7) is 0.451. The Labute approximate surface area is 193 Å². The van der Waals surface area contributed by atoms with Gasteiger partial charge in [0.05, 0.1) is 11.8 Å². The van der Waals surface area contributed by atoms with Crippen molar-refractivity contribution in [3.63, 3.8) is 0 Å². The Bertz CT molecular complexity index is 1080. The van der Waals surface area contributed by atoms with Crippen LogP contribution in [0.25, 0.3) is 0 Å². The fourth-order valence-corrected chi connectivity index (χ4v) is 4.37. The van der Waals surface area contributed by atoms with Crippen molar-refractivity contribution in [2.24, 2.45) is 5.16 Å². The number of carbonyl (C=O) groups is 2. The molecule has 0 radical (unpaired) electrons. The molecule has 0 saturated carbocycles. The lowest BCUT2D eigenvalue weighted by molar-refractivity contribution is -0.133. The molecule has 4 rings (SSSR count). The molecular weight excluding hydrogens is 414 g/mol. The van der Waals surface area contributed by atoms with Crippen LogP contribution < -0.4 is 10.6 Å². The molecule has 6 heteroatoms. The van der Waals surface area contributed by atoms with E-state index in [9.17, 15) is 9.59 Å². The molecule has 33 heavy (non-hydrogen) atoms. The van der Waals surface area contributed by atoms with Crippen molar-refractivity contribution in [2.45, 2.75) is 24.3 Å². The zero-order valence-electron chi connectivity index (χ0n) is 18.5. The molecule has 1 atom stereocenters. The fourth-order valence-electron chi connectivity index (χ4n) is 4.37. The van der Waals surface area contributed by atoms with Crippen LogP contribution in [-0.4, -0.2) is 37.2 Å². The summed E-state index contributed by atoms with van der Waals surface area (Å²) in [6.07, 6.45) is 0.810. The second-order valence-corrected chi connectivity index (χ2v) is 8.10. The van der Waals surface area contributed by atoms with Gasteiger partial charge in [0.1, 0.15) is 12.5 Å². The van der Waals surface area contributed by atoms with Crippen molar-refractivity contribution >= 4 is 17.5 Å². The highest BCUT2D eigenvalue weighted by Crippen LogP contribution is 2.36. The molecule has 0 spiro atoms. The highest BCUT2D eigenvalue weighted by atomic mass is 16.6. The van der Waals surface area contributed by atoms with Crippen LogP contribution in [0, 0.1) is 0 Å². The Morgan fingerprint density at radius 2 is 1.48 bits per heavy atom. The topological polar surface area (TPSA) is 79.8 Å². The van der Waals surface area contributed by atoms with E-state index in [4.69, 9.17) is 4.84 Å². The van der Waals surface area contributed by atoms with Gasteiger partial charge in [0.25, 0.3) is 0 Å².